The maximum atomic E-state index is 12.0. The van der Waals surface area contributed by atoms with Crippen molar-refractivity contribution in [2.75, 3.05) is 18.6 Å². The quantitative estimate of drug-likeness (QED) is 0.789. The number of pyridine rings is 1. The number of anilines is 1. The van der Waals surface area contributed by atoms with Gasteiger partial charge in [0.25, 0.3) is 0 Å². The summed E-state index contributed by atoms with van der Waals surface area (Å²) in [6.07, 6.45) is 4.51. The third-order valence-corrected chi connectivity index (χ3v) is 3.68. The second-order valence-electron chi connectivity index (χ2n) is 4.98. The molecule has 1 aromatic heterocycles. The molecule has 1 fully saturated rings. The Morgan fingerprint density at radius 3 is 2.80 bits per heavy atom. The smallest absolute Gasteiger partial charge is 0.341 e. The van der Waals surface area contributed by atoms with Crippen LogP contribution in [0.15, 0.2) is 18.3 Å². The van der Waals surface area contributed by atoms with E-state index in [9.17, 15) is 9.59 Å². The zero-order chi connectivity index (χ0) is 14.5. The Hall–Kier alpha value is -1.91. The Kier molecular flexibility index (Phi) is 4.71. The number of carbonyl (C=O) groups excluding carboxylic acids is 2. The molecule has 1 heterocycles. The van der Waals surface area contributed by atoms with Crippen molar-refractivity contribution in [2.24, 2.45) is 0 Å². The van der Waals surface area contributed by atoms with Crippen LogP contribution < -0.4 is 4.90 Å². The van der Waals surface area contributed by atoms with Gasteiger partial charge < -0.3 is 9.64 Å². The minimum Gasteiger partial charge on any atom is -0.462 e. The van der Waals surface area contributed by atoms with Crippen LogP contribution in [-0.4, -0.2) is 36.4 Å². The lowest BCUT2D eigenvalue weighted by Gasteiger charge is -2.32. The fourth-order valence-electron chi connectivity index (χ4n) is 2.53. The SMILES string of the molecule is CCOC(=O)c1cccnc1N(C)C1CCC(=O)CC1. The number of rotatable bonds is 4. The first kappa shape index (κ1) is 14.5. The molecule has 0 amide bonds. The third kappa shape index (κ3) is 3.15. The Balaban J connectivity index is 2.19. The lowest BCUT2D eigenvalue weighted by atomic mass is 9.93. The fourth-order valence-corrected chi connectivity index (χ4v) is 2.53. The van der Waals surface area contributed by atoms with Gasteiger partial charge in [-0.05, 0) is 31.9 Å². The van der Waals surface area contributed by atoms with Crippen molar-refractivity contribution in [2.45, 2.75) is 38.6 Å². The maximum absolute atomic E-state index is 12.0. The highest BCUT2D eigenvalue weighted by molar-refractivity contribution is 5.94. The number of nitrogens with zero attached hydrogens (tertiary/aromatic N) is 2. The molecule has 0 unspecified atom stereocenters. The Bertz CT molecular complexity index is 492. The Labute approximate surface area is 118 Å². The zero-order valence-electron chi connectivity index (χ0n) is 12.0. The molecule has 0 spiro atoms. The van der Waals surface area contributed by atoms with Crippen molar-refractivity contribution in [3.8, 4) is 0 Å². The van der Waals surface area contributed by atoms with Gasteiger partial charge in [-0.15, -0.1) is 0 Å². The highest BCUT2D eigenvalue weighted by Crippen LogP contribution is 2.26. The molecule has 0 radical (unpaired) electrons. The van der Waals surface area contributed by atoms with E-state index < -0.39 is 0 Å². The predicted octanol–water partition coefficient (Wildman–Crippen LogP) is 2.21. The van der Waals surface area contributed by atoms with Crippen molar-refractivity contribution in [1.29, 1.82) is 0 Å². The number of Topliss-reactive ketones (excluding diaryl/α,β-unsaturated/α-hetero) is 1. The number of ether oxygens (including phenoxy) is 1. The fraction of sp³-hybridized carbons (Fsp3) is 0.533. The minimum atomic E-state index is -0.352. The summed E-state index contributed by atoms with van der Waals surface area (Å²) in [5.74, 6) is 0.598. The number of esters is 1. The summed E-state index contributed by atoms with van der Waals surface area (Å²) < 4.78 is 5.06. The van der Waals surface area contributed by atoms with Gasteiger partial charge in [0.2, 0.25) is 0 Å². The molecule has 1 aliphatic carbocycles. The standard InChI is InChI=1S/C15H20N2O3/c1-3-20-15(19)13-5-4-10-16-14(13)17(2)11-6-8-12(18)9-7-11/h4-5,10-11H,3,6-9H2,1-2H3. The van der Waals surface area contributed by atoms with Gasteiger partial charge in [0.15, 0.2) is 0 Å². The molecule has 0 aromatic carbocycles. The van der Waals surface area contributed by atoms with Crippen LogP contribution in [0, 0.1) is 0 Å². The normalized spacial score (nSPS) is 16.0. The van der Waals surface area contributed by atoms with Crippen LogP contribution in [0.4, 0.5) is 5.82 Å². The molecule has 0 aliphatic heterocycles. The number of carbonyl (C=O) groups is 2. The molecule has 1 aromatic rings. The van der Waals surface area contributed by atoms with Crippen molar-refractivity contribution in [1.82, 2.24) is 4.98 Å². The van der Waals surface area contributed by atoms with Crippen LogP contribution in [0.5, 0.6) is 0 Å². The Morgan fingerprint density at radius 2 is 2.15 bits per heavy atom. The topological polar surface area (TPSA) is 59.5 Å². The van der Waals surface area contributed by atoms with Gasteiger partial charge in [-0.2, -0.15) is 0 Å². The van der Waals surface area contributed by atoms with Crippen LogP contribution in [0.3, 0.4) is 0 Å². The second-order valence-corrected chi connectivity index (χ2v) is 4.98. The first-order valence-electron chi connectivity index (χ1n) is 7.00. The van der Waals surface area contributed by atoms with E-state index in [-0.39, 0.29) is 12.0 Å². The lowest BCUT2D eigenvalue weighted by molar-refractivity contribution is -0.120. The van der Waals surface area contributed by atoms with Crippen molar-refractivity contribution in [3.63, 3.8) is 0 Å². The first-order valence-corrected chi connectivity index (χ1v) is 7.00. The van der Waals surface area contributed by atoms with Gasteiger partial charge in [0.05, 0.1) is 6.61 Å². The number of hydrogen-bond donors (Lipinski definition) is 0. The van der Waals surface area contributed by atoms with Gasteiger partial charge in [-0.25, -0.2) is 9.78 Å². The lowest BCUT2D eigenvalue weighted by Crippen LogP contribution is -2.36. The average molecular weight is 276 g/mol. The molecule has 1 aliphatic rings. The summed E-state index contributed by atoms with van der Waals surface area (Å²) in [7, 11) is 1.92. The van der Waals surface area contributed by atoms with E-state index in [2.05, 4.69) is 4.98 Å². The third-order valence-electron chi connectivity index (χ3n) is 3.68. The molecule has 5 nitrogen and oxygen atoms in total. The van der Waals surface area contributed by atoms with E-state index in [1.54, 1.807) is 25.3 Å². The van der Waals surface area contributed by atoms with E-state index in [1.165, 1.54) is 0 Å². The number of ketones is 1. The molecule has 1 saturated carbocycles. The van der Waals surface area contributed by atoms with Crippen LogP contribution >= 0.6 is 0 Å². The summed E-state index contributed by atoms with van der Waals surface area (Å²) in [4.78, 5) is 29.6. The van der Waals surface area contributed by atoms with E-state index in [0.717, 1.165) is 12.8 Å². The molecule has 2 rings (SSSR count). The van der Waals surface area contributed by atoms with E-state index in [0.29, 0.717) is 36.6 Å². The molecule has 0 N–H and O–H groups in total. The van der Waals surface area contributed by atoms with Gasteiger partial charge in [-0.1, -0.05) is 0 Å². The van der Waals surface area contributed by atoms with E-state index in [1.807, 2.05) is 11.9 Å². The predicted molar refractivity (Wildman–Crippen MR) is 75.9 cm³/mol. The summed E-state index contributed by atoms with van der Waals surface area (Å²) in [6, 6.07) is 3.70. The van der Waals surface area contributed by atoms with Crippen LogP contribution in [0.25, 0.3) is 0 Å². The monoisotopic (exact) mass is 276 g/mol. The van der Waals surface area contributed by atoms with Gasteiger partial charge in [0.1, 0.15) is 17.2 Å². The minimum absolute atomic E-state index is 0.246. The van der Waals surface area contributed by atoms with Gasteiger partial charge in [0, 0.05) is 32.1 Å². The average Bonchev–Trinajstić information content (AvgIpc) is 2.47. The van der Waals surface area contributed by atoms with Gasteiger partial charge >= 0.3 is 5.97 Å². The van der Waals surface area contributed by atoms with Crippen LogP contribution in [0.2, 0.25) is 0 Å². The molecule has 5 heteroatoms. The van der Waals surface area contributed by atoms with Crippen molar-refractivity contribution < 1.29 is 14.3 Å². The van der Waals surface area contributed by atoms with Crippen molar-refractivity contribution >= 4 is 17.6 Å². The van der Waals surface area contributed by atoms with Crippen LogP contribution in [-0.2, 0) is 9.53 Å². The second kappa shape index (κ2) is 6.50. The molecule has 0 saturated heterocycles. The maximum Gasteiger partial charge on any atom is 0.341 e. The Morgan fingerprint density at radius 1 is 1.45 bits per heavy atom. The van der Waals surface area contributed by atoms with Crippen LogP contribution in [0.1, 0.15) is 43.0 Å². The van der Waals surface area contributed by atoms with Crippen molar-refractivity contribution in [3.05, 3.63) is 23.9 Å². The summed E-state index contributed by atoms with van der Waals surface area (Å²) in [5.41, 5.74) is 0.480. The molecule has 20 heavy (non-hydrogen) atoms. The van der Waals surface area contributed by atoms with E-state index in [4.69, 9.17) is 4.74 Å². The number of aromatic nitrogens is 1. The van der Waals surface area contributed by atoms with E-state index >= 15 is 0 Å². The highest BCUT2D eigenvalue weighted by atomic mass is 16.5. The molecule has 0 atom stereocenters. The molecular formula is C15H20N2O3. The highest BCUT2D eigenvalue weighted by Gasteiger charge is 2.26. The van der Waals surface area contributed by atoms with Gasteiger partial charge in [-0.3, -0.25) is 4.79 Å². The molecule has 108 valence electrons. The number of hydrogen-bond acceptors (Lipinski definition) is 5. The summed E-state index contributed by atoms with van der Waals surface area (Å²) in [5, 5.41) is 0. The molecular weight excluding hydrogens is 256 g/mol. The summed E-state index contributed by atoms with van der Waals surface area (Å²) >= 11 is 0. The zero-order valence-corrected chi connectivity index (χ0v) is 12.0. The molecule has 0 bridgehead atoms. The first-order chi connectivity index (χ1) is 9.63. The largest absolute Gasteiger partial charge is 0.462 e. The summed E-state index contributed by atoms with van der Waals surface area (Å²) in [6.45, 7) is 2.12.